The second kappa shape index (κ2) is 3.11. The fraction of sp³-hybridized carbons (Fsp3) is 1.00. The van der Waals surface area contributed by atoms with Crippen LogP contribution in [0.3, 0.4) is 0 Å². The van der Waals surface area contributed by atoms with Gasteiger partial charge in [-0.3, -0.25) is 0 Å². The third-order valence-electron chi connectivity index (χ3n) is 2.90. The molecule has 1 saturated heterocycles. The molecule has 1 aliphatic heterocycles. The van der Waals surface area contributed by atoms with E-state index in [-0.39, 0.29) is 0 Å². The average molecular weight is 156 g/mol. The van der Waals surface area contributed by atoms with E-state index in [9.17, 15) is 0 Å². The topological polar surface area (TPSA) is 15.3 Å². The van der Waals surface area contributed by atoms with Gasteiger partial charge in [0, 0.05) is 25.2 Å². The number of hydrogen-bond donors (Lipinski definition) is 1. The van der Waals surface area contributed by atoms with E-state index in [1.165, 1.54) is 13.1 Å². The van der Waals surface area contributed by atoms with Crippen molar-refractivity contribution < 1.29 is 0 Å². The van der Waals surface area contributed by atoms with Gasteiger partial charge in [0.15, 0.2) is 0 Å². The molecule has 1 unspecified atom stereocenters. The standard InChI is InChI=1S/C9H20N2/c1-8(2)9(3)7-11(4)6-5-10-9/h8,10H,5-7H2,1-4H3. The molecule has 1 fully saturated rings. The molecule has 2 heteroatoms. The Morgan fingerprint density at radius 2 is 2.09 bits per heavy atom. The molecule has 11 heavy (non-hydrogen) atoms. The maximum atomic E-state index is 3.58. The maximum Gasteiger partial charge on any atom is 0.0303 e. The maximum absolute atomic E-state index is 3.58. The van der Waals surface area contributed by atoms with Crippen LogP contribution >= 0.6 is 0 Å². The highest BCUT2D eigenvalue weighted by Crippen LogP contribution is 2.19. The van der Waals surface area contributed by atoms with Crippen molar-refractivity contribution in [3.63, 3.8) is 0 Å². The molecule has 0 aliphatic carbocycles. The van der Waals surface area contributed by atoms with Crippen LogP contribution in [-0.2, 0) is 0 Å². The quantitative estimate of drug-likeness (QED) is 0.608. The number of nitrogens with zero attached hydrogens (tertiary/aromatic N) is 1. The van der Waals surface area contributed by atoms with Crippen molar-refractivity contribution in [1.29, 1.82) is 0 Å². The van der Waals surface area contributed by atoms with Gasteiger partial charge in [-0.2, -0.15) is 0 Å². The van der Waals surface area contributed by atoms with Crippen molar-refractivity contribution in [1.82, 2.24) is 10.2 Å². The lowest BCUT2D eigenvalue weighted by Crippen LogP contribution is -2.60. The third kappa shape index (κ3) is 1.94. The van der Waals surface area contributed by atoms with Crippen molar-refractivity contribution in [2.24, 2.45) is 5.92 Å². The van der Waals surface area contributed by atoms with Gasteiger partial charge in [0.25, 0.3) is 0 Å². The first-order valence-electron chi connectivity index (χ1n) is 4.48. The van der Waals surface area contributed by atoms with E-state index >= 15 is 0 Å². The molecule has 1 atom stereocenters. The van der Waals surface area contributed by atoms with Crippen molar-refractivity contribution >= 4 is 0 Å². The van der Waals surface area contributed by atoms with Crippen molar-refractivity contribution in [2.45, 2.75) is 26.3 Å². The largest absolute Gasteiger partial charge is 0.309 e. The molecule has 2 nitrogen and oxygen atoms in total. The monoisotopic (exact) mass is 156 g/mol. The van der Waals surface area contributed by atoms with Gasteiger partial charge in [-0.25, -0.2) is 0 Å². The zero-order valence-corrected chi connectivity index (χ0v) is 8.15. The lowest BCUT2D eigenvalue weighted by Gasteiger charge is -2.42. The van der Waals surface area contributed by atoms with Crippen LogP contribution in [0, 0.1) is 5.92 Å². The second-order valence-electron chi connectivity index (χ2n) is 4.24. The average Bonchev–Trinajstić information content (AvgIpc) is 1.86. The number of piperazine rings is 1. The Morgan fingerprint density at radius 1 is 1.45 bits per heavy atom. The van der Waals surface area contributed by atoms with Gasteiger partial charge in [0.2, 0.25) is 0 Å². The smallest absolute Gasteiger partial charge is 0.0303 e. The molecule has 0 bridgehead atoms. The van der Waals surface area contributed by atoms with E-state index in [0.717, 1.165) is 6.54 Å². The minimum absolute atomic E-state index is 0.326. The first-order chi connectivity index (χ1) is 5.04. The third-order valence-corrected chi connectivity index (χ3v) is 2.90. The summed E-state index contributed by atoms with van der Waals surface area (Å²) in [7, 11) is 2.20. The van der Waals surface area contributed by atoms with Crippen molar-refractivity contribution in [2.75, 3.05) is 26.7 Å². The van der Waals surface area contributed by atoms with Gasteiger partial charge >= 0.3 is 0 Å². The van der Waals surface area contributed by atoms with Crippen LogP contribution in [0.25, 0.3) is 0 Å². The van der Waals surface area contributed by atoms with Gasteiger partial charge in [-0.1, -0.05) is 13.8 Å². The Balaban J connectivity index is 2.55. The molecule has 1 N–H and O–H groups in total. The Labute approximate surface area is 70.0 Å². The first-order valence-corrected chi connectivity index (χ1v) is 4.48. The molecule has 0 amide bonds. The number of hydrogen-bond acceptors (Lipinski definition) is 2. The van der Waals surface area contributed by atoms with Crippen LogP contribution in [0.5, 0.6) is 0 Å². The SMILES string of the molecule is CC(C)C1(C)CN(C)CCN1. The molecule has 0 saturated carbocycles. The molecule has 0 aromatic carbocycles. The summed E-state index contributed by atoms with van der Waals surface area (Å²) >= 11 is 0. The van der Waals surface area contributed by atoms with Crippen LogP contribution < -0.4 is 5.32 Å². The molecule has 0 radical (unpaired) electrons. The van der Waals surface area contributed by atoms with Gasteiger partial charge in [0.05, 0.1) is 0 Å². The van der Waals surface area contributed by atoms with Gasteiger partial charge in [-0.05, 0) is 19.9 Å². The summed E-state index contributed by atoms with van der Waals surface area (Å²) in [5, 5.41) is 3.58. The molecule has 1 aliphatic rings. The summed E-state index contributed by atoms with van der Waals surface area (Å²) in [5.74, 6) is 0.713. The van der Waals surface area contributed by atoms with E-state index in [4.69, 9.17) is 0 Å². The van der Waals surface area contributed by atoms with Crippen molar-refractivity contribution in [3.8, 4) is 0 Å². The van der Waals surface area contributed by atoms with E-state index in [1.807, 2.05) is 0 Å². The highest BCUT2D eigenvalue weighted by molar-refractivity contribution is 4.92. The number of nitrogens with one attached hydrogen (secondary N) is 1. The van der Waals surface area contributed by atoms with Crippen LogP contribution in [0.4, 0.5) is 0 Å². The molecule has 0 aromatic heterocycles. The van der Waals surface area contributed by atoms with Gasteiger partial charge in [-0.15, -0.1) is 0 Å². The number of rotatable bonds is 1. The summed E-state index contributed by atoms with van der Waals surface area (Å²) in [6.07, 6.45) is 0. The van der Waals surface area contributed by atoms with Gasteiger partial charge in [0.1, 0.15) is 0 Å². The minimum atomic E-state index is 0.326. The van der Waals surface area contributed by atoms with E-state index in [0.29, 0.717) is 11.5 Å². The Kier molecular flexibility index (Phi) is 2.55. The van der Waals surface area contributed by atoms with Crippen LogP contribution in [0.1, 0.15) is 20.8 Å². The van der Waals surface area contributed by atoms with E-state index in [1.54, 1.807) is 0 Å². The molecule has 0 aromatic rings. The van der Waals surface area contributed by atoms with Crippen molar-refractivity contribution in [3.05, 3.63) is 0 Å². The lowest BCUT2D eigenvalue weighted by molar-refractivity contribution is 0.130. The van der Waals surface area contributed by atoms with Crippen LogP contribution in [0.15, 0.2) is 0 Å². The normalized spacial score (nSPS) is 34.6. The van der Waals surface area contributed by atoms with E-state index < -0.39 is 0 Å². The van der Waals surface area contributed by atoms with E-state index in [2.05, 4.69) is 38.0 Å². The lowest BCUT2D eigenvalue weighted by atomic mass is 9.86. The molecular weight excluding hydrogens is 136 g/mol. The molecule has 66 valence electrons. The predicted molar refractivity (Wildman–Crippen MR) is 48.7 cm³/mol. The fourth-order valence-corrected chi connectivity index (χ4v) is 1.61. The Morgan fingerprint density at radius 3 is 2.45 bits per heavy atom. The second-order valence-corrected chi connectivity index (χ2v) is 4.24. The summed E-state index contributed by atoms with van der Waals surface area (Å²) < 4.78 is 0. The van der Waals surface area contributed by atoms with Crippen LogP contribution in [0.2, 0.25) is 0 Å². The Bertz CT molecular complexity index is 134. The molecule has 1 rings (SSSR count). The minimum Gasteiger partial charge on any atom is -0.309 e. The van der Waals surface area contributed by atoms with Gasteiger partial charge < -0.3 is 10.2 Å². The molecule has 0 spiro atoms. The zero-order valence-electron chi connectivity index (χ0n) is 8.15. The summed E-state index contributed by atoms with van der Waals surface area (Å²) in [6, 6.07) is 0. The summed E-state index contributed by atoms with van der Waals surface area (Å²) in [6.45, 7) is 10.4. The molecule has 1 heterocycles. The highest BCUT2D eigenvalue weighted by atomic mass is 15.2. The predicted octanol–water partition coefficient (Wildman–Crippen LogP) is 0.936. The summed E-state index contributed by atoms with van der Waals surface area (Å²) in [5.41, 5.74) is 0.326. The zero-order chi connectivity index (χ0) is 8.48. The first kappa shape index (κ1) is 9.01. The van der Waals surface area contributed by atoms with Crippen LogP contribution in [-0.4, -0.2) is 37.1 Å². The highest BCUT2D eigenvalue weighted by Gasteiger charge is 2.31. The molecular formula is C9H20N2. The fourth-order valence-electron chi connectivity index (χ4n) is 1.61. The number of likely N-dealkylation sites (N-methyl/N-ethyl adjacent to an activating group) is 1. The summed E-state index contributed by atoms with van der Waals surface area (Å²) in [4.78, 5) is 2.40. The Hall–Kier alpha value is -0.0800.